The summed E-state index contributed by atoms with van der Waals surface area (Å²) < 4.78 is 27.8. The molecule has 0 atom stereocenters. The average molecular weight is 345 g/mol. The molecule has 0 radical (unpaired) electrons. The van der Waals surface area contributed by atoms with Gasteiger partial charge in [0.1, 0.15) is 4.90 Å². The molecule has 4 nitrogen and oxygen atoms in total. The van der Waals surface area contributed by atoms with E-state index in [4.69, 9.17) is 11.6 Å². The van der Waals surface area contributed by atoms with E-state index >= 15 is 0 Å². The Hall–Kier alpha value is -1.08. The monoisotopic (exact) mass is 344 g/mol. The van der Waals surface area contributed by atoms with Crippen LogP contribution in [0, 0.1) is 13.8 Å². The number of anilines is 1. The molecule has 2 aromatic rings. The van der Waals surface area contributed by atoms with Crippen molar-refractivity contribution >= 4 is 38.6 Å². The van der Waals surface area contributed by atoms with Crippen molar-refractivity contribution in [3.05, 3.63) is 44.6 Å². The Morgan fingerprint density at radius 2 is 1.95 bits per heavy atom. The lowest BCUT2D eigenvalue weighted by molar-refractivity contribution is 0.599. The second-order valence-corrected chi connectivity index (χ2v) is 7.76. The fourth-order valence-electron chi connectivity index (χ4n) is 1.99. The molecule has 0 saturated carbocycles. The largest absolute Gasteiger partial charge is 0.315 e. The summed E-state index contributed by atoms with van der Waals surface area (Å²) in [5.74, 6) is 0. The van der Waals surface area contributed by atoms with E-state index in [1.807, 2.05) is 12.3 Å². The lowest BCUT2D eigenvalue weighted by Gasteiger charge is -2.11. The van der Waals surface area contributed by atoms with Gasteiger partial charge < -0.3 is 5.32 Å². The van der Waals surface area contributed by atoms with E-state index < -0.39 is 10.0 Å². The summed E-state index contributed by atoms with van der Waals surface area (Å²) in [6.45, 7) is 4.18. The Kier molecular flexibility index (Phi) is 4.93. The molecule has 7 heteroatoms. The molecular formula is C14H17ClN2O2S2. The molecule has 0 amide bonds. The van der Waals surface area contributed by atoms with Gasteiger partial charge in [0.25, 0.3) is 10.0 Å². The zero-order valence-electron chi connectivity index (χ0n) is 12.0. The maximum Gasteiger partial charge on any atom is 0.263 e. The summed E-state index contributed by atoms with van der Waals surface area (Å²) in [6.07, 6.45) is 0. The maximum absolute atomic E-state index is 12.6. The Labute approximate surface area is 134 Å². The molecule has 114 valence electrons. The number of nitrogens with one attached hydrogen (secondary N) is 2. The molecule has 1 aromatic heterocycles. The van der Waals surface area contributed by atoms with Crippen LogP contribution < -0.4 is 10.0 Å². The molecule has 0 saturated heterocycles. The van der Waals surface area contributed by atoms with E-state index in [-0.39, 0.29) is 0 Å². The second kappa shape index (κ2) is 6.36. The normalized spacial score (nSPS) is 11.6. The molecule has 1 heterocycles. The number of aryl methyl sites for hydroxylation is 2. The van der Waals surface area contributed by atoms with E-state index in [1.165, 1.54) is 11.3 Å². The van der Waals surface area contributed by atoms with Crippen LogP contribution in [0.25, 0.3) is 0 Å². The summed E-state index contributed by atoms with van der Waals surface area (Å²) in [5.41, 5.74) is 2.12. The molecule has 0 bridgehead atoms. The molecule has 21 heavy (non-hydrogen) atoms. The Balaban J connectivity index is 2.38. The standard InChI is InChI=1S/C14H17ClN2O2S2/c1-9-4-5-11(6-12(9)15)17-21(18,19)14-10(2)8-20-13(14)7-16-3/h4-6,8,16-17H,7H2,1-3H3. The third-order valence-electron chi connectivity index (χ3n) is 3.02. The summed E-state index contributed by atoms with van der Waals surface area (Å²) >= 11 is 7.47. The van der Waals surface area contributed by atoms with Crippen LogP contribution in [0.5, 0.6) is 0 Å². The van der Waals surface area contributed by atoms with Gasteiger partial charge in [-0.1, -0.05) is 17.7 Å². The van der Waals surface area contributed by atoms with Gasteiger partial charge >= 0.3 is 0 Å². The van der Waals surface area contributed by atoms with E-state index in [1.54, 1.807) is 32.2 Å². The summed E-state index contributed by atoms with van der Waals surface area (Å²) in [4.78, 5) is 1.14. The van der Waals surface area contributed by atoms with Crippen LogP contribution in [0.3, 0.4) is 0 Å². The minimum atomic E-state index is -3.62. The summed E-state index contributed by atoms with van der Waals surface area (Å²) in [5, 5.41) is 5.37. The van der Waals surface area contributed by atoms with Crippen molar-refractivity contribution in [2.45, 2.75) is 25.3 Å². The topological polar surface area (TPSA) is 58.2 Å². The van der Waals surface area contributed by atoms with Gasteiger partial charge in [-0.05, 0) is 49.5 Å². The highest BCUT2D eigenvalue weighted by atomic mass is 35.5. The first-order valence-corrected chi connectivity index (χ1v) is 9.09. The highest BCUT2D eigenvalue weighted by molar-refractivity contribution is 7.93. The van der Waals surface area contributed by atoms with Crippen molar-refractivity contribution in [3.63, 3.8) is 0 Å². The lowest BCUT2D eigenvalue weighted by Crippen LogP contribution is -2.16. The molecule has 0 aliphatic heterocycles. The van der Waals surface area contributed by atoms with Crippen molar-refractivity contribution in [2.75, 3.05) is 11.8 Å². The van der Waals surface area contributed by atoms with Crippen LogP contribution in [0.4, 0.5) is 5.69 Å². The third kappa shape index (κ3) is 3.58. The molecule has 0 unspecified atom stereocenters. The SMILES string of the molecule is CNCc1scc(C)c1S(=O)(=O)Nc1ccc(C)c(Cl)c1. The quantitative estimate of drug-likeness (QED) is 0.872. The van der Waals surface area contributed by atoms with Crippen molar-refractivity contribution in [2.24, 2.45) is 0 Å². The molecule has 0 spiro atoms. The van der Waals surface area contributed by atoms with Gasteiger partial charge in [0, 0.05) is 16.4 Å². The Bertz CT molecular complexity index is 754. The average Bonchev–Trinajstić information content (AvgIpc) is 2.76. The smallest absolute Gasteiger partial charge is 0.263 e. The predicted molar refractivity (Wildman–Crippen MR) is 88.8 cm³/mol. The van der Waals surface area contributed by atoms with Crippen LogP contribution in [-0.2, 0) is 16.6 Å². The number of thiophene rings is 1. The summed E-state index contributed by atoms with van der Waals surface area (Å²) in [7, 11) is -1.83. The van der Waals surface area contributed by atoms with E-state index in [0.717, 1.165) is 16.0 Å². The van der Waals surface area contributed by atoms with Gasteiger partial charge in [-0.15, -0.1) is 11.3 Å². The Morgan fingerprint density at radius 1 is 1.24 bits per heavy atom. The van der Waals surface area contributed by atoms with E-state index in [9.17, 15) is 8.42 Å². The molecule has 0 aliphatic rings. The predicted octanol–water partition coefficient (Wildman–Crippen LogP) is 3.54. The van der Waals surface area contributed by atoms with Gasteiger partial charge in [0.2, 0.25) is 0 Å². The Morgan fingerprint density at radius 3 is 2.57 bits per heavy atom. The van der Waals surface area contributed by atoms with Crippen molar-refractivity contribution in [3.8, 4) is 0 Å². The van der Waals surface area contributed by atoms with Crippen LogP contribution >= 0.6 is 22.9 Å². The zero-order valence-corrected chi connectivity index (χ0v) is 14.4. The number of hydrogen-bond acceptors (Lipinski definition) is 4. The van der Waals surface area contributed by atoms with Gasteiger partial charge in [-0.25, -0.2) is 8.42 Å². The molecule has 2 N–H and O–H groups in total. The van der Waals surface area contributed by atoms with Crippen LogP contribution in [0.2, 0.25) is 5.02 Å². The van der Waals surface area contributed by atoms with E-state index in [0.29, 0.717) is 22.2 Å². The summed E-state index contributed by atoms with van der Waals surface area (Å²) in [6, 6.07) is 5.11. The highest BCUT2D eigenvalue weighted by Gasteiger charge is 2.23. The molecular weight excluding hydrogens is 328 g/mol. The number of halogens is 1. The van der Waals surface area contributed by atoms with Crippen LogP contribution in [0.1, 0.15) is 16.0 Å². The van der Waals surface area contributed by atoms with Gasteiger partial charge in [-0.2, -0.15) is 0 Å². The zero-order chi connectivity index (χ0) is 15.6. The third-order valence-corrected chi connectivity index (χ3v) is 6.27. The van der Waals surface area contributed by atoms with Crippen molar-refractivity contribution in [1.82, 2.24) is 5.32 Å². The van der Waals surface area contributed by atoms with Crippen LogP contribution in [-0.4, -0.2) is 15.5 Å². The number of benzene rings is 1. The number of hydrogen-bond donors (Lipinski definition) is 2. The van der Waals surface area contributed by atoms with Crippen molar-refractivity contribution in [1.29, 1.82) is 0 Å². The molecule has 2 rings (SSSR count). The molecule has 0 fully saturated rings. The maximum atomic E-state index is 12.6. The minimum absolute atomic E-state index is 0.346. The lowest BCUT2D eigenvalue weighted by atomic mass is 10.2. The van der Waals surface area contributed by atoms with Crippen molar-refractivity contribution < 1.29 is 8.42 Å². The number of rotatable bonds is 5. The van der Waals surface area contributed by atoms with Gasteiger partial charge in [-0.3, -0.25) is 4.72 Å². The van der Waals surface area contributed by atoms with Gasteiger partial charge in [0.15, 0.2) is 0 Å². The first-order chi connectivity index (χ1) is 9.85. The van der Waals surface area contributed by atoms with Gasteiger partial charge in [0.05, 0.1) is 5.69 Å². The first kappa shape index (κ1) is 16.3. The molecule has 0 aliphatic carbocycles. The first-order valence-electron chi connectivity index (χ1n) is 6.35. The minimum Gasteiger partial charge on any atom is -0.315 e. The fourth-order valence-corrected chi connectivity index (χ4v) is 5.05. The van der Waals surface area contributed by atoms with E-state index in [2.05, 4.69) is 10.0 Å². The van der Waals surface area contributed by atoms with Crippen LogP contribution in [0.15, 0.2) is 28.5 Å². The second-order valence-electron chi connectivity index (χ2n) is 4.77. The fraction of sp³-hybridized carbons (Fsp3) is 0.286. The molecule has 1 aromatic carbocycles. The number of sulfonamides is 1. The highest BCUT2D eigenvalue weighted by Crippen LogP contribution is 2.29.